The van der Waals surface area contributed by atoms with Gasteiger partial charge in [0.2, 0.25) is 0 Å². The molecule has 1 aliphatic carbocycles. The van der Waals surface area contributed by atoms with Crippen molar-refractivity contribution < 1.29 is 14.7 Å². The quantitative estimate of drug-likeness (QED) is 0.711. The van der Waals surface area contributed by atoms with E-state index in [1.54, 1.807) is 17.0 Å². The van der Waals surface area contributed by atoms with Gasteiger partial charge in [0.15, 0.2) is 11.4 Å². The summed E-state index contributed by atoms with van der Waals surface area (Å²) in [4.78, 5) is 27.8. The number of para-hydroxylation sites is 1. The Morgan fingerprint density at radius 2 is 1.79 bits per heavy atom. The third-order valence-electron chi connectivity index (χ3n) is 6.15. The lowest BCUT2D eigenvalue weighted by atomic mass is 9.86. The minimum atomic E-state index is -1.81. The van der Waals surface area contributed by atoms with E-state index >= 15 is 0 Å². The maximum atomic E-state index is 13.3. The number of likely N-dealkylation sites (N-methyl/N-ethyl adjacent to an activating group) is 1. The summed E-state index contributed by atoms with van der Waals surface area (Å²) in [5, 5.41) is 13.4. The minimum Gasteiger partial charge on any atom is -0.375 e. The number of carbonyl (C=O) groups is 2. The Morgan fingerprint density at radius 1 is 1.04 bits per heavy atom. The van der Waals surface area contributed by atoms with Crippen molar-refractivity contribution in [2.45, 2.75) is 31.8 Å². The second-order valence-electron chi connectivity index (χ2n) is 7.64. The van der Waals surface area contributed by atoms with E-state index in [0.717, 1.165) is 23.6 Å². The molecule has 0 bridgehead atoms. The molecular weight excluding hydrogens is 350 g/mol. The minimum absolute atomic E-state index is 0.209. The fourth-order valence-electron chi connectivity index (χ4n) is 4.81. The van der Waals surface area contributed by atoms with E-state index in [1.807, 2.05) is 43.3 Å². The molecule has 3 aromatic rings. The molecule has 28 heavy (non-hydrogen) atoms. The van der Waals surface area contributed by atoms with E-state index in [4.69, 9.17) is 0 Å². The first kappa shape index (κ1) is 17.1. The van der Waals surface area contributed by atoms with Gasteiger partial charge in [0.05, 0.1) is 12.1 Å². The summed E-state index contributed by atoms with van der Waals surface area (Å²) < 4.78 is 0. The SMILES string of the molecule is CCN1C(=O)[C@@](O)(CC(=O)c2ccc3c4c(cccc24)CC3)c2ccccc21. The van der Waals surface area contributed by atoms with Gasteiger partial charge in [-0.05, 0) is 47.7 Å². The number of aliphatic hydroxyl groups is 1. The molecule has 0 saturated heterocycles. The molecule has 0 radical (unpaired) electrons. The number of ketones is 1. The van der Waals surface area contributed by atoms with Gasteiger partial charge in [-0.2, -0.15) is 0 Å². The lowest BCUT2D eigenvalue weighted by Crippen LogP contribution is -2.41. The summed E-state index contributed by atoms with van der Waals surface area (Å²) in [6.45, 7) is 2.32. The summed E-state index contributed by atoms with van der Waals surface area (Å²) in [6.07, 6.45) is 1.73. The predicted molar refractivity (Wildman–Crippen MR) is 109 cm³/mol. The van der Waals surface area contributed by atoms with Gasteiger partial charge in [-0.3, -0.25) is 9.59 Å². The van der Waals surface area contributed by atoms with E-state index in [-0.39, 0.29) is 12.2 Å². The Balaban J connectivity index is 1.59. The fourth-order valence-corrected chi connectivity index (χ4v) is 4.81. The van der Waals surface area contributed by atoms with Crippen LogP contribution in [-0.4, -0.2) is 23.3 Å². The molecule has 1 aliphatic heterocycles. The Kier molecular flexibility index (Phi) is 3.68. The predicted octanol–water partition coefficient (Wildman–Crippen LogP) is 3.77. The number of fused-ring (bicyclic) bond motifs is 1. The van der Waals surface area contributed by atoms with Crippen LogP contribution in [0.5, 0.6) is 0 Å². The van der Waals surface area contributed by atoms with E-state index in [0.29, 0.717) is 23.4 Å². The van der Waals surface area contributed by atoms with Gasteiger partial charge >= 0.3 is 0 Å². The highest BCUT2D eigenvalue weighted by molar-refractivity contribution is 6.14. The number of Topliss-reactive ketones (excluding diaryl/α,β-unsaturated/α-hetero) is 1. The molecule has 1 atom stereocenters. The zero-order chi connectivity index (χ0) is 19.5. The van der Waals surface area contributed by atoms with Crippen LogP contribution in [0.2, 0.25) is 0 Å². The van der Waals surface area contributed by atoms with Crippen molar-refractivity contribution in [2.24, 2.45) is 0 Å². The lowest BCUT2D eigenvalue weighted by Gasteiger charge is -2.22. The smallest absolute Gasteiger partial charge is 0.264 e. The summed E-state index contributed by atoms with van der Waals surface area (Å²) in [5.74, 6) is -0.630. The van der Waals surface area contributed by atoms with Gasteiger partial charge in [-0.1, -0.05) is 48.5 Å². The van der Waals surface area contributed by atoms with Crippen molar-refractivity contribution in [1.82, 2.24) is 0 Å². The average Bonchev–Trinajstić information content (AvgIpc) is 3.22. The Hall–Kier alpha value is -2.98. The second kappa shape index (κ2) is 6.01. The number of nitrogens with zero attached hydrogens (tertiary/aromatic N) is 1. The largest absolute Gasteiger partial charge is 0.375 e. The number of amides is 1. The van der Waals surface area contributed by atoms with Crippen molar-refractivity contribution in [1.29, 1.82) is 0 Å². The van der Waals surface area contributed by atoms with Gasteiger partial charge in [-0.15, -0.1) is 0 Å². The van der Waals surface area contributed by atoms with Crippen LogP contribution in [0.1, 0.15) is 40.4 Å². The molecule has 0 fully saturated rings. The van der Waals surface area contributed by atoms with Crippen LogP contribution < -0.4 is 4.90 Å². The van der Waals surface area contributed by atoms with E-state index < -0.39 is 11.5 Å². The molecule has 0 spiro atoms. The van der Waals surface area contributed by atoms with Gasteiger partial charge < -0.3 is 10.0 Å². The molecule has 5 rings (SSSR count). The first-order chi connectivity index (χ1) is 13.5. The Morgan fingerprint density at radius 3 is 2.57 bits per heavy atom. The van der Waals surface area contributed by atoms with Crippen molar-refractivity contribution in [2.75, 3.05) is 11.4 Å². The monoisotopic (exact) mass is 371 g/mol. The Bertz CT molecular complexity index is 1140. The molecule has 1 heterocycles. The van der Waals surface area contributed by atoms with Crippen LogP contribution in [0.3, 0.4) is 0 Å². The van der Waals surface area contributed by atoms with Gasteiger partial charge in [-0.25, -0.2) is 0 Å². The van der Waals surface area contributed by atoms with Gasteiger partial charge in [0, 0.05) is 17.7 Å². The van der Waals surface area contributed by atoms with Crippen molar-refractivity contribution in [3.63, 3.8) is 0 Å². The zero-order valence-electron chi connectivity index (χ0n) is 15.7. The molecule has 0 unspecified atom stereocenters. The van der Waals surface area contributed by atoms with Crippen LogP contribution in [0.4, 0.5) is 5.69 Å². The number of hydrogen-bond donors (Lipinski definition) is 1. The molecule has 1 N–H and O–H groups in total. The van der Waals surface area contributed by atoms with Crippen LogP contribution in [0.15, 0.2) is 54.6 Å². The molecular formula is C24H21NO3. The standard InChI is InChI=1S/C24H21NO3/c1-2-25-20-9-4-3-8-19(20)24(28,23(25)27)14-21(26)17-13-12-16-11-10-15-6-5-7-18(17)22(15)16/h3-9,12-13,28H,2,10-11,14H2,1H3/t24-/m1/s1. The molecule has 0 aromatic heterocycles. The van der Waals surface area contributed by atoms with Crippen molar-refractivity contribution in [3.8, 4) is 0 Å². The lowest BCUT2D eigenvalue weighted by molar-refractivity contribution is -0.135. The van der Waals surface area contributed by atoms with Crippen LogP contribution in [0, 0.1) is 0 Å². The summed E-state index contributed by atoms with van der Waals surface area (Å²) in [5.41, 5.74) is 2.50. The van der Waals surface area contributed by atoms with Crippen molar-refractivity contribution >= 4 is 28.2 Å². The molecule has 2 aliphatic rings. The maximum Gasteiger partial charge on any atom is 0.264 e. The maximum absolute atomic E-state index is 13.3. The van der Waals surface area contributed by atoms with Gasteiger partial charge in [0.1, 0.15) is 0 Å². The number of benzene rings is 3. The Labute approximate surface area is 163 Å². The first-order valence-electron chi connectivity index (χ1n) is 9.75. The van der Waals surface area contributed by atoms with Crippen molar-refractivity contribution in [3.05, 3.63) is 76.9 Å². The number of carbonyl (C=O) groups excluding carboxylic acids is 2. The van der Waals surface area contributed by atoms with Gasteiger partial charge in [0.25, 0.3) is 5.91 Å². The van der Waals surface area contributed by atoms with Crippen LogP contribution in [0.25, 0.3) is 10.8 Å². The summed E-state index contributed by atoms with van der Waals surface area (Å²) >= 11 is 0. The second-order valence-corrected chi connectivity index (χ2v) is 7.64. The highest BCUT2D eigenvalue weighted by Crippen LogP contribution is 2.43. The highest BCUT2D eigenvalue weighted by atomic mass is 16.3. The molecule has 4 nitrogen and oxygen atoms in total. The first-order valence-corrected chi connectivity index (χ1v) is 9.75. The number of hydrogen-bond acceptors (Lipinski definition) is 3. The molecule has 3 aromatic carbocycles. The van der Waals surface area contributed by atoms with Crippen LogP contribution in [-0.2, 0) is 23.2 Å². The number of aryl methyl sites for hydroxylation is 2. The highest BCUT2D eigenvalue weighted by Gasteiger charge is 2.50. The zero-order valence-corrected chi connectivity index (χ0v) is 15.7. The molecule has 0 saturated carbocycles. The van der Waals surface area contributed by atoms with Crippen LogP contribution >= 0.6 is 0 Å². The van der Waals surface area contributed by atoms with E-state index in [9.17, 15) is 14.7 Å². The number of anilines is 1. The van der Waals surface area contributed by atoms with E-state index in [1.165, 1.54) is 11.1 Å². The average molecular weight is 371 g/mol. The molecule has 140 valence electrons. The third-order valence-corrected chi connectivity index (χ3v) is 6.15. The van der Waals surface area contributed by atoms with E-state index in [2.05, 4.69) is 6.07 Å². The molecule has 4 heteroatoms. The fraction of sp³-hybridized carbons (Fsp3) is 0.250. The third kappa shape index (κ3) is 2.21. The molecule has 1 amide bonds. The summed E-state index contributed by atoms with van der Waals surface area (Å²) in [7, 11) is 0. The number of rotatable bonds is 4. The topological polar surface area (TPSA) is 57.6 Å². The normalized spacial score (nSPS) is 20.1. The summed E-state index contributed by atoms with van der Waals surface area (Å²) in [6, 6.07) is 17.1.